The maximum atomic E-state index is 13.3. The molecule has 0 N–H and O–H groups in total. The van der Waals surface area contributed by atoms with Crippen LogP contribution in [0.4, 0.5) is 4.39 Å². The Bertz CT molecular complexity index is 749. The number of fused-ring (bicyclic) bond motifs is 1. The van der Waals surface area contributed by atoms with E-state index >= 15 is 0 Å². The van der Waals surface area contributed by atoms with Crippen LogP contribution in [0.2, 0.25) is 0 Å². The third-order valence-electron chi connectivity index (χ3n) is 5.21. The molecule has 6 nitrogen and oxygen atoms in total. The Labute approximate surface area is 146 Å². The summed E-state index contributed by atoms with van der Waals surface area (Å²) < 4.78 is 20.8. The molecule has 0 atom stereocenters. The monoisotopic (exact) mass is 346 g/mol. The van der Waals surface area contributed by atoms with E-state index in [1.807, 2.05) is 11.2 Å². The average Bonchev–Trinajstić information content (AvgIpc) is 3.06. The second kappa shape index (κ2) is 7.09. The lowest BCUT2D eigenvalue weighted by molar-refractivity contribution is -0.136. The third kappa shape index (κ3) is 3.52. The van der Waals surface area contributed by atoms with Gasteiger partial charge in [0.2, 0.25) is 5.91 Å². The van der Waals surface area contributed by atoms with Crippen LogP contribution < -0.4 is 0 Å². The van der Waals surface area contributed by atoms with Crippen molar-refractivity contribution < 1.29 is 13.9 Å². The fourth-order valence-corrected chi connectivity index (χ4v) is 3.76. The highest BCUT2D eigenvalue weighted by molar-refractivity contribution is 5.78. The van der Waals surface area contributed by atoms with Gasteiger partial charge in [-0.1, -0.05) is 0 Å². The van der Waals surface area contributed by atoms with Gasteiger partial charge < -0.3 is 14.2 Å². The van der Waals surface area contributed by atoms with Crippen LogP contribution in [-0.2, 0) is 9.53 Å². The minimum Gasteiger partial charge on any atom is -0.378 e. The molecule has 1 aromatic heterocycles. The van der Waals surface area contributed by atoms with Crippen LogP contribution >= 0.6 is 0 Å². The Morgan fingerprint density at radius 2 is 1.96 bits per heavy atom. The SMILES string of the molecule is O=C(CN1CCC(n2cnc3cc(F)ccc32)CC1)N1CCOCC1. The fraction of sp³-hybridized carbons (Fsp3) is 0.556. The van der Waals surface area contributed by atoms with Crippen molar-refractivity contribution in [3.63, 3.8) is 0 Å². The van der Waals surface area contributed by atoms with Crippen LogP contribution in [0.1, 0.15) is 18.9 Å². The number of piperidine rings is 1. The average molecular weight is 346 g/mol. The first-order chi connectivity index (χ1) is 12.2. The highest BCUT2D eigenvalue weighted by Crippen LogP contribution is 2.26. The van der Waals surface area contributed by atoms with E-state index < -0.39 is 0 Å². The minimum atomic E-state index is -0.255. The summed E-state index contributed by atoms with van der Waals surface area (Å²) in [7, 11) is 0. The van der Waals surface area contributed by atoms with Gasteiger partial charge in [-0.05, 0) is 25.0 Å². The van der Waals surface area contributed by atoms with Crippen LogP contribution in [-0.4, -0.2) is 71.2 Å². The summed E-state index contributed by atoms with van der Waals surface area (Å²) in [6, 6.07) is 5.11. The van der Waals surface area contributed by atoms with Gasteiger partial charge >= 0.3 is 0 Å². The van der Waals surface area contributed by atoms with E-state index in [0.717, 1.165) is 31.4 Å². The van der Waals surface area contributed by atoms with Gasteiger partial charge in [0, 0.05) is 38.3 Å². The Kier molecular flexibility index (Phi) is 4.67. The quantitative estimate of drug-likeness (QED) is 0.848. The Balaban J connectivity index is 1.35. The van der Waals surface area contributed by atoms with Gasteiger partial charge in [0.05, 0.1) is 37.1 Å². The van der Waals surface area contributed by atoms with Crippen molar-refractivity contribution in [1.29, 1.82) is 0 Å². The molecule has 4 rings (SSSR count). The Morgan fingerprint density at radius 1 is 1.20 bits per heavy atom. The van der Waals surface area contributed by atoms with E-state index in [-0.39, 0.29) is 11.7 Å². The normalized spacial score (nSPS) is 20.3. The first kappa shape index (κ1) is 16.5. The molecule has 0 saturated carbocycles. The predicted octanol–water partition coefficient (Wildman–Crippen LogP) is 1.67. The number of hydrogen-bond acceptors (Lipinski definition) is 4. The molecule has 0 bridgehead atoms. The van der Waals surface area contributed by atoms with Gasteiger partial charge in [0.25, 0.3) is 0 Å². The molecule has 2 saturated heterocycles. The number of halogens is 1. The molecular formula is C18H23FN4O2. The van der Waals surface area contributed by atoms with E-state index in [1.54, 1.807) is 6.07 Å². The number of carbonyl (C=O) groups excluding carboxylic acids is 1. The first-order valence-electron chi connectivity index (χ1n) is 8.91. The van der Waals surface area contributed by atoms with Crippen molar-refractivity contribution in [3.05, 3.63) is 30.3 Å². The van der Waals surface area contributed by atoms with Crippen molar-refractivity contribution in [3.8, 4) is 0 Å². The molecule has 2 aliphatic rings. The number of amides is 1. The second-order valence-corrected chi connectivity index (χ2v) is 6.79. The predicted molar refractivity (Wildman–Crippen MR) is 91.8 cm³/mol. The number of aromatic nitrogens is 2. The molecule has 0 unspecified atom stereocenters. The standard InChI is InChI=1S/C18H23FN4O2/c19-14-1-2-17-16(11-14)20-13-23(17)15-3-5-21(6-4-15)12-18(24)22-7-9-25-10-8-22/h1-2,11,13,15H,3-10,12H2. The topological polar surface area (TPSA) is 50.6 Å². The zero-order valence-electron chi connectivity index (χ0n) is 14.2. The van der Waals surface area contributed by atoms with E-state index in [1.165, 1.54) is 12.1 Å². The highest BCUT2D eigenvalue weighted by atomic mass is 19.1. The third-order valence-corrected chi connectivity index (χ3v) is 5.21. The van der Waals surface area contributed by atoms with E-state index in [9.17, 15) is 9.18 Å². The summed E-state index contributed by atoms with van der Waals surface area (Å²) in [4.78, 5) is 20.8. The molecule has 0 spiro atoms. The largest absolute Gasteiger partial charge is 0.378 e. The van der Waals surface area contributed by atoms with Crippen molar-refractivity contribution in [1.82, 2.24) is 19.4 Å². The minimum absolute atomic E-state index is 0.199. The summed E-state index contributed by atoms with van der Waals surface area (Å²) in [5, 5.41) is 0. The molecule has 1 aromatic carbocycles. The van der Waals surface area contributed by atoms with Crippen LogP contribution in [0.3, 0.4) is 0 Å². The van der Waals surface area contributed by atoms with Crippen LogP contribution in [0.5, 0.6) is 0 Å². The van der Waals surface area contributed by atoms with E-state index in [2.05, 4.69) is 14.5 Å². The Morgan fingerprint density at radius 3 is 2.72 bits per heavy atom. The lowest BCUT2D eigenvalue weighted by atomic mass is 10.0. The van der Waals surface area contributed by atoms with Crippen molar-refractivity contribution in [2.45, 2.75) is 18.9 Å². The molecule has 2 aromatic rings. The number of nitrogens with zero attached hydrogens (tertiary/aromatic N) is 4. The molecule has 25 heavy (non-hydrogen) atoms. The van der Waals surface area contributed by atoms with Gasteiger partial charge in [0.15, 0.2) is 0 Å². The molecule has 2 fully saturated rings. The van der Waals surface area contributed by atoms with Gasteiger partial charge in [-0.3, -0.25) is 9.69 Å². The number of hydrogen-bond donors (Lipinski definition) is 0. The fourth-order valence-electron chi connectivity index (χ4n) is 3.76. The van der Waals surface area contributed by atoms with Crippen molar-refractivity contribution in [2.75, 3.05) is 45.9 Å². The number of morpholine rings is 1. The molecule has 2 aliphatic heterocycles. The summed E-state index contributed by atoms with van der Waals surface area (Å²) >= 11 is 0. The maximum Gasteiger partial charge on any atom is 0.236 e. The smallest absolute Gasteiger partial charge is 0.236 e. The summed E-state index contributed by atoms with van der Waals surface area (Å²) in [6.45, 7) is 4.95. The molecule has 7 heteroatoms. The number of likely N-dealkylation sites (tertiary alicyclic amines) is 1. The number of ether oxygens (including phenoxy) is 1. The number of imidazole rings is 1. The van der Waals surface area contributed by atoms with Crippen LogP contribution in [0.25, 0.3) is 11.0 Å². The first-order valence-corrected chi connectivity index (χ1v) is 8.91. The lowest BCUT2D eigenvalue weighted by Gasteiger charge is -2.34. The van der Waals surface area contributed by atoms with Crippen LogP contribution in [0, 0.1) is 5.82 Å². The van der Waals surface area contributed by atoms with Crippen LogP contribution in [0.15, 0.2) is 24.5 Å². The Hall–Kier alpha value is -1.99. The molecular weight excluding hydrogens is 323 g/mol. The zero-order chi connectivity index (χ0) is 17.2. The van der Waals surface area contributed by atoms with Crippen molar-refractivity contribution >= 4 is 16.9 Å². The summed E-state index contributed by atoms with van der Waals surface area (Å²) in [5.74, 6) is -0.0560. The van der Waals surface area contributed by atoms with Gasteiger partial charge in [-0.2, -0.15) is 0 Å². The summed E-state index contributed by atoms with van der Waals surface area (Å²) in [6.07, 6.45) is 3.75. The molecule has 0 radical (unpaired) electrons. The summed E-state index contributed by atoms with van der Waals surface area (Å²) in [5.41, 5.74) is 1.68. The van der Waals surface area contributed by atoms with E-state index in [4.69, 9.17) is 4.74 Å². The number of rotatable bonds is 3. The number of carbonyl (C=O) groups is 1. The van der Waals surface area contributed by atoms with Gasteiger partial charge in [-0.15, -0.1) is 0 Å². The van der Waals surface area contributed by atoms with Gasteiger partial charge in [-0.25, -0.2) is 9.37 Å². The molecule has 134 valence electrons. The molecule has 0 aliphatic carbocycles. The van der Waals surface area contributed by atoms with E-state index in [0.29, 0.717) is 44.4 Å². The molecule has 3 heterocycles. The number of benzene rings is 1. The van der Waals surface area contributed by atoms with Gasteiger partial charge in [0.1, 0.15) is 5.82 Å². The highest BCUT2D eigenvalue weighted by Gasteiger charge is 2.25. The zero-order valence-corrected chi connectivity index (χ0v) is 14.2. The lowest BCUT2D eigenvalue weighted by Crippen LogP contribution is -2.47. The second-order valence-electron chi connectivity index (χ2n) is 6.79. The van der Waals surface area contributed by atoms with Crippen molar-refractivity contribution in [2.24, 2.45) is 0 Å². The maximum absolute atomic E-state index is 13.3. The molecule has 1 amide bonds.